The van der Waals surface area contributed by atoms with Crippen molar-refractivity contribution in [2.45, 2.75) is 0 Å². The van der Waals surface area contributed by atoms with Gasteiger partial charge in [-0.2, -0.15) is 0 Å². The number of amides is 1. The van der Waals surface area contributed by atoms with E-state index in [1.807, 2.05) is 18.2 Å². The van der Waals surface area contributed by atoms with Crippen LogP contribution < -0.4 is 10.1 Å². The van der Waals surface area contributed by atoms with Gasteiger partial charge in [0.05, 0.1) is 35.1 Å². The molecule has 4 rings (SSSR count). The maximum Gasteiger partial charge on any atom is 0.256 e. The summed E-state index contributed by atoms with van der Waals surface area (Å²) < 4.78 is 5.27. The highest BCUT2D eigenvalue weighted by atomic mass is 16.5. The summed E-state index contributed by atoms with van der Waals surface area (Å²) in [6, 6.07) is 5.50. The Morgan fingerprint density at radius 2 is 2.05 bits per heavy atom. The SMILES string of the molecule is COc1cc[nH]c1/C=C1\C(=O)Nc2ccc3nccnc3c21. The van der Waals surface area contributed by atoms with Gasteiger partial charge in [-0.25, -0.2) is 0 Å². The van der Waals surface area contributed by atoms with Crippen LogP contribution in [0.15, 0.2) is 36.8 Å². The Balaban J connectivity index is 1.97. The minimum atomic E-state index is -0.162. The van der Waals surface area contributed by atoms with Gasteiger partial charge in [0.1, 0.15) is 5.75 Å². The first-order valence-corrected chi connectivity index (χ1v) is 6.76. The third-order valence-electron chi connectivity index (χ3n) is 3.65. The van der Waals surface area contributed by atoms with Crippen molar-refractivity contribution < 1.29 is 9.53 Å². The number of fused-ring (bicyclic) bond motifs is 3. The summed E-state index contributed by atoms with van der Waals surface area (Å²) in [4.78, 5) is 24.0. The minimum Gasteiger partial charge on any atom is -0.495 e. The standard InChI is InChI=1S/C16H12N4O2/c1-22-13-4-5-17-12(13)8-9-14-10(20-16(9)21)2-3-11-15(14)19-7-6-18-11/h2-8,17H,1H3,(H,20,21)/b9-8-. The van der Waals surface area contributed by atoms with Crippen LogP contribution in [0.3, 0.4) is 0 Å². The lowest BCUT2D eigenvalue weighted by molar-refractivity contribution is -0.110. The second-order valence-corrected chi connectivity index (χ2v) is 4.88. The molecule has 1 amide bonds. The summed E-state index contributed by atoms with van der Waals surface area (Å²) in [6.07, 6.45) is 6.80. The van der Waals surface area contributed by atoms with E-state index in [0.29, 0.717) is 16.8 Å². The Morgan fingerprint density at radius 1 is 1.18 bits per heavy atom. The topological polar surface area (TPSA) is 79.9 Å². The molecule has 3 aromatic rings. The number of aromatic nitrogens is 3. The Labute approximate surface area is 125 Å². The van der Waals surface area contributed by atoms with E-state index in [1.165, 1.54) is 0 Å². The van der Waals surface area contributed by atoms with Crippen LogP contribution >= 0.6 is 0 Å². The third kappa shape index (κ3) is 1.77. The van der Waals surface area contributed by atoms with E-state index >= 15 is 0 Å². The van der Waals surface area contributed by atoms with Crippen LogP contribution in [-0.2, 0) is 4.79 Å². The van der Waals surface area contributed by atoms with Gasteiger partial charge in [0.2, 0.25) is 0 Å². The molecule has 0 unspecified atom stereocenters. The summed E-state index contributed by atoms with van der Waals surface area (Å²) in [5.41, 5.74) is 4.25. The maximum atomic E-state index is 12.3. The summed E-state index contributed by atoms with van der Waals surface area (Å²) in [7, 11) is 1.59. The van der Waals surface area contributed by atoms with Crippen molar-refractivity contribution in [3.8, 4) is 5.75 Å². The van der Waals surface area contributed by atoms with Crippen LogP contribution in [0.25, 0.3) is 22.7 Å². The number of aromatic amines is 1. The second-order valence-electron chi connectivity index (χ2n) is 4.88. The molecule has 1 aliphatic rings. The van der Waals surface area contributed by atoms with Gasteiger partial charge in [-0.1, -0.05) is 0 Å². The minimum absolute atomic E-state index is 0.162. The van der Waals surface area contributed by atoms with Crippen molar-refractivity contribution in [1.29, 1.82) is 0 Å². The Bertz CT molecular complexity index is 927. The van der Waals surface area contributed by atoms with Crippen LogP contribution in [-0.4, -0.2) is 28.0 Å². The van der Waals surface area contributed by atoms with E-state index in [4.69, 9.17) is 4.74 Å². The molecule has 6 nitrogen and oxygen atoms in total. The molecule has 0 bridgehead atoms. The molecule has 0 saturated carbocycles. The molecule has 0 radical (unpaired) electrons. The molecule has 2 aromatic heterocycles. The van der Waals surface area contributed by atoms with Crippen molar-refractivity contribution in [3.63, 3.8) is 0 Å². The summed E-state index contributed by atoms with van der Waals surface area (Å²) in [5, 5.41) is 2.86. The number of carbonyl (C=O) groups excluding carboxylic acids is 1. The molecular formula is C16H12N4O2. The quantitative estimate of drug-likeness (QED) is 0.711. The lowest BCUT2D eigenvalue weighted by Crippen LogP contribution is -2.03. The first-order valence-electron chi connectivity index (χ1n) is 6.76. The normalized spacial score (nSPS) is 15.1. The van der Waals surface area contributed by atoms with Crippen molar-refractivity contribution in [1.82, 2.24) is 15.0 Å². The van der Waals surface area contributed by atoms with Gasteiger partial charge in [-0.15, -0.1) is 0 Å². The molecule has 6 heteroatoms. The largest absolute Gasteiger partial charge is 0.495 e. The van der Waals surface area contributed by atoms with Gasteiger partial charge in [0, 0.05) is 24.2 Å². The number of benzene rings is 1. The lowest BCUT2D eigenvalue weighted by atomic mass is 10.0. The molecule has 108 valence electrons. The van der Waals surface area contributed by atoms with E-state index in [9.17, 15) is 4.79 Å². The Morgan fingerprint density at radius 3 is 2.91 bits per heavy atom. The maximum absolute atomic E-state index is 12.3. The predicted octanol–water partition coefficient (Wildman–Crippen LogP) is 2.46. The van der Waals surface area contributed by atoms with Gasteiger partial charge in [-0.3, -0.25) is 14.8 Å². The first-order chi connectivity index (χ1) is 10.8. The molecule has 0 atom stereocenters. The van der Waals surface area contributed by atoms with Crippen molar-refractivity contribution >= 4 is 34.3 Å². The average Bonchev–Trinajstić information content (AvgIpc) is 3.12. The molecule has 1 aliphatic heterocycles. The number of hydrogen-bond donors (Lipinski definition) is 2. The van der Waals surface area contributed by atoms with Gasteiger partial charge < -0.3 is 15.0 Å². The molecule has 0 fully saturated rings. The van der Waals surface area contributed by atoms with E-state index < -0.39 is 0 Å². The summed E-state index contributed by atoms with van der Waals surface area (Å²) in [5.74, 6) is 0.518. The molecule has 0 saturated heterocycles. The fourth-order valence-corrected chi connectivity index (χ4v) is 2.66. The third-order valence-corrected chi connectivity index (χ3v) is 3.65. The van der Waals surface area contributed by atoms with Gasteiger partial charge in [-0.05, 0) is 24.3 Å². The lowest BCUT2D eigenvalue weighted by Gasteiger charge is -2.03. The fourth-order valence-electron chi connectivity index (χ4n) is 2.66. The Kier molecular flexibility index (Phi) is 2.69. The van der Waals surface area contributed by atoms with Crippen molar-refractivity contribution in [2.75, 3.05) is 12.4 Å². The van der Waals surface area contributed by atoms with Crippen LogP contribution in [0.5, 0.6) is 5.75 Å². The number of anilines is 1. The zero-order valence-corrected chi connectivity index (χ0v) is 11.8. The van der Waals surface area contributed by atoms with Gasteiger partial charge in [0.25, 0.3) is 5.91 Å². The smallest absolute Gasteiger partial charge is 0.256 e. The van der Waals surface area contributed by atoms with Crippen LogP contribution in [0.4, 0.5) is 5.69 Å². The molecule has 0 spiro atoms. The number of carbonyl (C=O) groups is 1. The summed E-state index contributed by atoms with van der Waals surface area (Å²) in [6.45, 7) is 0. The number of nitrogens with one attached hydrogen (secondary N) is 2. The molecule has 2 N–H and O–H groups in total. The van der Waals surface area contributed by atoms with Crippen molar-refractivity contribution in [3.05, 3.63) is 48.0 Å². The number of nitrogens with zero attached hydrogens (tertiary/aromatic N) is 2. The number of ether oxygens (including phenoxy) is 1. The molecule has 0 aliphatic carbocycles. The second kappa shape index (κ2) is 4.70. The van der Waals surface area contributed by atoms with Crippen LogP contribution in [0, 0.1) is 0 Å². The molecule has 22 heavy (non-hydrogen) atoms. The van der Waals surface area contributed by atoms with Crippen LogP contribution in [0.1, 0.15) is 11.3 Å². The highest BCUT2D eigenvalue weighted by Crippen LogP contribution is 2.37. The number of methoxy groups -OCH3 is 1. The first kappa shape index (κ1) is 12.6. The average molecular weight is 292 g/mol. The predicted molar refractivity (Wildman–Crippen MR) is 83.4 cm³/mol. The number of rotatable bonds is 2. The van der Waals surface area contributed by atoms with Crippen molar-refractivity contribution in [2.24, 2.45) is 0 Å². The Hall–Kier alpha value is -3.15. The van der Waals surface area contributed by atoms with E-state index in [0.717, 1.165) is 22.5 Å². The zero-order valence-electron chi connectivity index (χ0n) is 11.8. The zero-order chi connectivity index (χ0) is 15.1. The van der Waals surface area contributed by atoms with Crippen LogP contribution in [0.2, 0.25) is 0 Å². The summed E-state index contributed by atoms with van der Waals surface area (Å²) >= 11 is 0. The number of hydrogen-bond acceptors (Lipinski definition) is 4. The molecular weight excluding hydrogens is 280 g/mol. The van der Waals surface area contributed by atoms with Gasteiger partial charge in [0.15, 0.2) is 0 Å². The van der Waals surface area contributed by atoms with E-state index in [-0.39, 0.29) is 5.91 Å². The van der Waals surface area contributed by atoms with Gasteiger partial charge >= 0.3 is 0 Å². The van der Waals surface area contributed by atoms with E-state index in [1.54, 1.807) is 31.8 Å². The highest BCUT2D eigenvalue weighted by molar-refractivity contribution is 6.37. The molecule has 1 aromatic carbocycles. The fraction of sp³-hybridized carbons (Fsp3) is 0.0625. The van der Waals surface area contributed by atoms with E-state index in [2.05, 4.69) is 20.3 Å². The monoisotopic (exact) mass is 292 g/mol. The molecule has 3 heterocycles. The highest BCUT2D eigenvalue weighted by Gasteiger charge is 2.27. The number of H-pyrrole nitrogens is 1.